The highest BCUT2D eigenvalue weighted by molar-refractivity contribution is 5.92. The maximum Gasteiger partial charge on any atom is 0.356 e. The third kappa shape index (κ3) is 7.08. The number of carbonyl (C=O) groups excluding carboxylic acids is 2. The van der Waals surface area contributed by atoms with Crippen LogP contribution in [0.4, 0.5) is 0 Å². The first-order valence-electron chi connectivity index (χ1n) is 7.79. The smallest absolute Gasteiger partial charge is 0.356 e. The molecule has 0 saturated heterocycles. The van der Waals surface area contributed by atoms with E-state index in [1.807, 2.05) is 0 Å². The molecule has 0 saturated carbocycles. The van der Waals surface area contributed by atoms with Gasteiger partial charge in [-0.1, -0.05) is 18.2 Å². The molecule has 8 nitrogen and oxygen atoms in total. The highest BCUT2D eigenvalue weighted by atomic mass is 16.5. The predicted octanol–water partition coefficient (Wildman–Crippen LogP) is 2.56. The molecule has 0 spiro atoms. The zero-order chi connectivity index (χ0) is 19.4. The van der Waals surface area contributed by atoms with E-state index in [1.54, 1.807) is 38.3 Å². The lowest BCUT2D eigenvalue weighted by atomic mass is 10.2. The van der Waals surface area contributed by atoms with Crippen LogP contribution in [0.2, 0.25) is 0 Å². The van der Waals surface area contributed by atoms with Gasteiger partial charge < -0.3 is 14.2 Å². The lowest BCUT2D eigenvalue weighted by Crippen LogP contribution is -2.10. The van der Waals surface area contributed by atoms with Crippen LogP contribution in [-0.4, -0.2) is 43.4 Å². The molecule has 1 heterocycles. The Labute approximate surface area is 151 Å². The number of ether oxygens (including phenoxy) is 3. The third-order valence-corrected chi connectivity index (χ3v) is 2.86. The van der Waals surface area contributed by atoms with Crippen molar-refractivity contribution in [1.82, 2.24) is 4.98 Å². The fraction of sp³-hybridized carbons (Fsp3) is 0.278. The van der Waals surface area contributed by atoms with E-state index in [0.717, 1.165) is 0 Å². The highest BCUT2D eigenvalue weighted by Crippen LogP contribution is 2.14. The number of nitrogens with zero attached hydrogens (tertiary/aromatic N) is 3. The summed E-state index contributed by atoms with van der Waals surface area (Å²) in [5.74, 6) is -0.586. The van der Waals surface area contributed by atoms with Crippen LogP contribution in [0, 0.1) is 0 Å². The average molecular weight is 359 g/mol. The van der Waals surface area contributed by atoms with Crippen LogP contribution in [0.25, 0.3) is 6.08 Å². The van der Waals surface area contributed by atoms with Gasteiger partial charge in [0.25, 0.3) is 0 Å². The van der Waals surface area contributed by atoms with Gasteiger partial charge in [0, 0.05) is 6.20 Å². The first-order valence-corrected chi connectivity index (χ1v) is 7.79. The monoisotopic (exact) mass is 359 g/mol. The number of rotatable bonds is 7. The Kier molecular flexibility index (Phi) is 9.02. The van der Waals surface area contributed by atoms with Crippen LogP contribution in [0.1, 0.15) is 25.8 Å². The molecule has 0 aliphatic carbocycles. The Morgan fingerprint density at radius 2 is 2.12 bits per heavy atom. The second-order valence-corrected chi connectivity index (χ2v) is 4.69. The molecular weight excluding hydrogens is 338 g/mol. The van der Waals surface area contributed by atoms with Crippen LogP contribution in [0.15, 0.2) is 46.3 Å². The largest absolute Gasteiger partial charge is 0.466 e. The van der Waals surface area contributed by atoms with Crippen molar-refractivity contribution >= 4 is 30.8 Å². The number of aromatic nitrogens is 1. The maximum atomic E-state index is 11.5. The number of hydrogen-bond donors (Lipinski definition) is 0. The second kappa shape index (κ2) is 11.3. The average Bonchev–Trinajstić information content (AvgIpc) is 2.65. The minimum Gasteiger partial charge on any atom is -0.466 e. The molecule has 0 atom stereocenters. The van der Waals surface area contributed by atoms with Crippen LogP contribution >= 0.6 is 0 Å². The van der Waals surface area contributed by atoms with Crippen molar-refractivity contribution in [3.05, 3.63) is 41.9 Å². The van der Waals surface area contributed by atoms with E-state index in [1.165, 1.54) is 19.4 Å². The van der Waals surface area contributed by atoms with E-state index >= 15 is 0 Å². The molecule has 0 fully saturated rings. The zero-order valence-electron chi connectivity index (χ0n) is 15.0. The van der Waals surface area contributed by atoms with Crippen molar-refractivity contribution in [2.75, 3.05) is 13.7 Å². The molecule has 1 rings (SSSR count). The summed E-state index contributed by atoms with van der Waals surface area (Å²) in [6, 6.07) is 1.54. The van der Waals surface area contributed by atoms with Crippen molar-refractivity contribution in [2.45, 2.75) is 20.3 Å². The van der Waals surface area contributed by atoms with Gasteiger partial charge in [0.05, 0.1) is 26.3 Å². The number of methoxy groups -OCH3 is 1. The molecule has 0 amide bonds. The number of aliphatic imine (C=N–C) groups is 2. The van der Waals surface area contributed by atoms with E-state index in [-0.39, 0.29) is 24.1 Å². The number of esters is 2. The van der Waals surface area contributed by atoms with Crippen molar-refractivity contribution in [3.8, 4) is 5.75 Å². The molecule has 1 aromatic rings. The van der Waals surface area contributed by atoms with Crippen molar-refractivity contribution in [3.63, 3.8) is 0 Å². The van der Waals surface area contributed by atoms with Crippen LogP contribution < -0.4 is 4.74 Å². The Morgan fingerprint density at radius 1 is 1.35 bits per heavy atom. The van der Waals surface area contributed by atoms with E-state index in [4.69, 9.17) is 9.47 Å². The van der Waals surface area contributed by atoms with Gasteiger partial charge in [-0.2, -0.15) is 4.99 Å². The summed E-state index contributed by atoms with van der Waals surface area (Å²) >= 11 is 0. The fourth-order valence-electron chi connectivity index (χ4n) is 1.73. The molecule has 0 radical (unpaired) electrons. The zero-order valence-corrected chi connectivity index (χ0v) is 15.0. The molecule has 1 aromatic heterocycles. The second-order valence-electron chi connectivity index (χ2n) is 4.69. The van der Waals surface area contributed by atoms with Gasteiger partial charge in [-0.3, -0.25) is 9.78 Å². The Hall–Kier alpha value is -3.29. The van der Waals surface area contributed by atoms with E-state index in [0.29, 0.717) is 17.9 Å². The lowest BCUT2D eigenvalue weighted by molar-refractivity contribution is -0.142. The van der Waals surface area contributed by atoms with E-state index in [2.05, 4.69) is 26.4 Å². The summed E-state index contributed by atoms with van der Waals surface area (Å²) in [6.45, 7) is 7.09. The number of pyridine rings is 1. The first kappa shape index (κ1) is 20.8. The summed E-state index contributed by atoms with van der Waals surface area (Å²) in [5.41, 5.74) is 0.739. The van der Waals surface area contributed by atoms with Gasteiger partial charge in [-0.25, -0.2) is 9.79 Å². The van der Waals surface area contributed by atoms with Crippen LogP contribution in [0.3, 0.4) is 0 Å². The van der Waals surface area contributed by atoms with Crippen molar-refractivity contribution in [2.24, 2.45) is 9.98 Å². The van der Waals surface area contributed by atoms with Gasteiger partial charge >= 0.3 is 18.0 Å². The van der Waals surface area contributed by atoms with E-state index in [9.17, 15) is 9.59 Å². The summed E-state index contributed by atoms with van der Waals surface area (Å²) < 4.78 is 14.9. The minimum atomic E-state index is -0.619. The molecule has 8 heteroatoms. The highest BCUT2D eigenvalue weighted by Gasteiger charge is 2.10. The first-order chi connectivity index (χ1) is 12.5. The Bertz CT molecular complexity index is 738. The summed E-state index contributed by atoms with van der Waals surface area (Å²) in [4.78, 5) is 34.5. The maximum absolute atomic E-state index is 11.5. The molecular formula is C18H21N3O5. The Balaban J connectivity index is 2.86. The fourth-order valence-corrected chi connectivity index (χ4v) is 1.73. The normalized spacial score (nSPS) is 12.0. The van der Waals surface area contributed by atoms with Gasteiger partial charge in [-0.15, -0.1) is 0 Å². The van der Waals surface area contributed by atoms with Crippen LogP contribution in [-0.2, 0) is 19.1 Å². The Morgan fingerprint density at radius 3 is 2.73 bits per heavy atom. The standard InChI is InChI=1S/C18H21N3O5/c1-5-15(17(23)24-4)21-18(19-3)26-14-10-13(11-20-12-14)8-7-9-16(22)25-6-2/h5,7-8,10-12H,3,6,9H2,1-2,4H3/b8-7+,15-5-,21-18?. The van der Waals surface area contributed by atoms with Gasteiger partial charge in [0.15, 0.2) is 0 Å². The van der Waals surface area contributed by atoms with E-state index < -0.39 is 5.97 Å². The summed E-state index contributed by atoms with van der Waals surface area (Å²) in [6.07, 6.45) is 8.04. The minimum absolute atomic E-state index is 0.0355. The van der Waals surface area contributed by atoms with Gasteiger partial charge in [0.2, 0.25) is 0 Å². The molecule has 0 aliphatic rings. The SMILES string of the molecule is C=NC(=N/C(=C\C)C(=O)OC)Oc1cncc(/C=C/CC(=O)OCC)c1. The number of allylic oxidation sites excluding steroid dienone is 1. The van der Waals surface area contributed by atoms with Gasteiger partial charge in [0.1, 0.15) is 11.4 Å². The summed E-state index contributed by atoms with van der Waals surface area (Å²) in [7, 11) is 1.25. The number of carbonyl (C=O) groups is 2. The molecule has 0 aromatic carbocycles. The molecule has 0 N–H and O–H groups in total. The quantitative estimate of drug-likeness (QED) is 0.321. The molecule has 0 aliphatic heterocycles. The lowest BCUT2D eigenvalue weighted by Gasteiger charge is -2.05. The predicted molar refractivity (Wildman–Crippen MR) is 97.9 cm³/mol. The topological polar surface area (TPSA) is 99.4 Å². The molecule has 0 unspecified atom stereocenters. The van der Waals surface area contributed by atoms with Crippen LogP contribution in [0.5, 0.6) is 5.75 Å². The number of hydrogen-bond acceptors (Lipinski definition) is 7. The summed E-state index contributed by atoms with van der Waals surface area (Å²) in [5, 5.41) is 0. The molecule has 138 valence electrons. The van der Waals surface area contributed by atoms with Crippen molar-refractivity contribution < 1.29 is 23.8 Å². The third-order valence-electron chi connectivity index (χ3n) is 2.86. The van der Waals surface area contributed by atoms with Crippen molar-refractivity contribution in [1.29, 1.82) is 0 Å². The molecule has 26 heavy (non-hydrogen) atoms. The number of amidine groups is 1. The molecule has 0 bridgehead atoms. The van der Waals surface area contributed by atoms with Gasteiger partial charge in [-0.05, 0) is 32.2 Å².